The Morgan fingerprint density at radius 2 is 2.19 bits per heavy atom. The van der Waals surface area contributed by atoms with Gasteiger partial charge in [-0.15, -0.1) is 0 Å². The average Bonchev–Trinajstić information content (AvgIpc) is 3.30. The fourth-order valence-electron chi connectivity index (χ4n) is 3.05. The van der Waals surface area contributed by atoms with E-state index in [9.17, 15) is 9.59 Å². The number of nitrogens with one attached hydrogen (secondary N) is 2. The van der Waals surface area contributed by atoms with Crippen molar-refractivity contribution in [1.29, 1.82) is 0 Å². The van der Waals surface area contributed by atoms with Gasteiger partial charge in [-0.2, -0.15) is 0 Å². The van der Waals surface area contributed by atoms with Crippen LogP contribution in [0.4, 0.5) is 5.69 Å². The van der Waals surface area contributed by atoms with Crippen molar-refractivity contribution in [2.45, 2.75) is 45.8 Å². The van der Waals surface area contributed by atoms with Crippen molar-refractivity contribution in [3.8, 4) is 0 Å². The first kappa shape index (κ1) is 19.1. The predicted molar refractivity (Wildman–Crippen MR) is 100 cm³/mol. The summed E-state index contributed by atoms with van der Waals surface area (Å²) in [5.74, 6) is 0.464. The Bertz CT molecular complexity index is 794. The summed E-state index contributed by atoms with van der Waals surface area (Å²) in [5, 5.41) is 5.73. The number of carbonyl (C=O) groups is 2. The third kappa shape index (κ3) is 5.17. The van der Waals surface area contributed by atoms with Crippen molar-refractivity contribution in [1.82, 2.24) is 10.3 Å². The van der Waals surface area contributed by atoms with Gasteiger partial charge in [0, 0.05) is 25.3 Å². The molecule has 2 amide bonds. The van der Waals surface area contributed by atoms with Crippen LogP contribution in [0.2, 0.25) is 0 Å². The van der Waals surface area contributed by atoms with Gasteiger partial charge >= 0.3 is 0 Å². The molecule has 3 rings (SSSR count). The minimum Gasteiger partial charge on any atom is -0.445 e. The number of hydrogen-bond acceptors (Lipinski definition) is 5. The van der Waals surface area contributed by atoms with Gasteiger partial charge in [0.2, 0.25) is 5.91 Å². The van der Waals surface area contributed by atoms with Gasteiger partial charge in [0.25, 0.3) is 5.91 Å². The number of rotatable bonds is 7. The number of carbonyl (C=O) groups excluding carboxylic acids is 2. The molecule has 1 aliphatic heterocycles. The van der Waals surface area contributed by atoms with Crippen molar-refractivity contribution in [3.05, 3.63) is 47.7 Å². The van der Waals surface area contributed by atoms with Gasteiger partial charge in [-0.25, -0.2) is 4.98 Å². The molecule has 1 aromatic heterocycles. The van der Waals surface area contributed by atoms with Crippen LogP contribution in [0, 0.1) is 5.92 Å². The highest BCUT2D eigenvalue weighted by molar-refractivity contribution is 5.93. The van der Waals surface area contributed by atoms with Crippen LogP contribution < -0.4 is 10.6 Å². The van der Waals surface area contributed by atoms with Crippen LogP contribution in [0.5, 0.6) is 0 Å². The molecule has 1 fully saturated rings. The molecule has 1 aromatic carbocycles. The summed E-state index contributed by atoms with van der Waals surface area (Å²) in [7, 11) is 0. The second kappa shape index (κ2) is 8.81. The van der Waals surface area contributed by atoms with E-state index in [1.165, 1.54) is 6.39 Å². The summed E-state index contributed by atoms with van der Waals surface area (Å²) < 4.78 is 10.9. The van der Waals surface area contributed by atoms with Crippen LogP contribution in [-0.2, 0) is 16.1 Å². The highest BCUT2D eigenvalue weighted by Gasteiger charge is 2.27. The SMILES string of the molecule is CC(C)CC(=O)Nc1cccc(CNC(=O)c2ncoc2C2CCCO2)c1. The molecule has 0 saturated carbocycles. The largest absolute Gasteiger partial charge is 0.445 e. The van der Waals surface area contributed by atoms with Crippen molar-refractivity contribution in [3.63, 3.8) is 0 Å². The number of benzene rings is 1. The van der Waals surface area contributed by atoms with E-state index in [4.69, 9.17) is 9.15 Å². The zero-order chi connectivity index (χ0) is 19.2. The second-order valence-electron chi connectivity index (χ2n) is 7.10. The molecule has 0 aliphatic carbocycles. The van der Waals surface area contributed by atoms with Gasteiger partial charge in [0.05, 0.1) is 0 Å². The first-order valence-corrected chi connectivity index (χ1v) is 9.25. The van der Waals surface area contributed by atoms with E-state index >= 15 is 0 Å². The molecule has 7 nitrogen and oxygen atoms in total. The summed E-state index contributed by atoms with van der Waals surface area (Å²) in [6, 6.07) is 7.42. The van der Waals surface area contributed by atoms with Crippen LogP contribution in [0.15, 0.2) is 35.1 Å². The van der Waals surface area contributed by atoms with E-state index in [0.29, 0.717) is 36.9 Å². The Morgan fingerprint density at radius 1 is 1.33 bits per heavy atom. The molecule has 2 heterocycles. The molecule has 1 saturated heterocycles. The molecule has 0 bridgehead atoms. The molecule has 1 aliphatic rings. The zero-order valence-corrected chi connectivity index (χ0v) is 15.7. The highest BCUT2D eigenvalue weighted by atomic mass is 16.5. The van der Waals surface area contributed by atoms with Crippen LogP contribution in [-0.4, -0.2) is 23.4 Å². The van der Waals surface area contributed by atoms with E-state index in [0.717, 1.165) is 18.4 Å². The zero-order valence-electron chi connectivity index (χ0n) is 15.7. The average molecular weight is 371 g/mol. The lowest BCUT2D eigenvalue weighted by Crippen LogP contribution is -2.24. The lowest BCUT2D eigenvalue weighted by atomic mass is 10.1. The van der Waals surface area contributed by atoms with Gasteiger partial charge in [-0.1, -0.05) is 26.0 Å². The predicted octanol–water partition coefficient (Wildman–Crippen LogP) is 3.44. The second-order valence-corrected chi connectivity index (χ2v) is 7.10. The van der Waals surface area contributed by atoms with E-state index in [1.54, 1.807) is 0 Å². The minimum absolute atomic E-state index is 0.0185. The highest BCUT2D eigenvalue weighted by Crippen LogP contribution is 2.30. The molecule has 1 unspecified atom stereocenters. The molecule has 1 atom stereocenters. The van der Waals surface area contributed by atoms with Crippen LogP contribution >= 0.6 is 0 Å². The topological polar surface area (TPSA) is 93.5 Å². The molecule has 27 heavy (non-hydrogen) atoms. The Balaban J connectivity index is 1.59. The Morgan fingerprint density at radius 3 is 2.93 bits per heavy atom. The first-order valence-electron chi connectivity index (χ1n) is 9.25. The third-order valence-electron chi connectivity index (χ3n) is 4.29. The summed E-state index contributed by atoms with van der Waals surface area (Å²) in [4.78, 5) is 28.4. The smallest absolute Gasteiger partial charge is 0.273 e. The van der Waals surface area contributed by atoms with Crippen LogP contribution in [0.3, 0.4) is 0 Å². The molecule has 0 radical (unpaired) electrons. The number of aromatic nitrogens is 1. The van der Waals surface area contributed by atoms with E-state index in [2.05, 4.69) is 15.6 Å². The molecule has 0 spiro atoms. The fourth-order valence-corrected chi connectivity index (χ4v) is 3.05. The van der Waals surface area contributed by atoms with Crippen LogP contribution in [0.1, 0.15) is 61.0 Å². The molecule has 2 aromatic rings. The van der Waals surface area contributed by atoms with Gasteiger partial charge in [0.15, 0.2) is 17.8 Å². The van der Waals surface area contributed by atoms with E-state index in [-0.39, 0.29) is 23.6 Å². The third-order valence-corrected chi connectivity index (χ3v) is 4.29. The molecular formula is C20H25N3O4. The van der Waals surface area contributed by atoms with Gasteiger partial charge in [-0.05, 0) is 36.5 Å². The molecule has 144 valence electrons. The van der Waals surface area contributed by atoms with Gasteiger partial charge in [0.1, 0.15) is 6.10 Å². The number of amides is 2. The van der Waals surface area contributed by atoms with E-state index < -0.39 is 0 Å². The lowest BCUT2D eigenvalue weighted by molar-refractivity contribution is -0.116. The quantitative estimate of drug-likeness (QED) is 0.778. The molecular weight excluding hydrogens is 346 g/mol. The van der Waals surface area contributed by atoms with Gasteiger partial charge < -0.3 is 19.8 Å². The maximum absolute atomic E-state index is 12.5. The van der Waals surface area contributed by atoms with Crippen LogP contribution in [0.25, 0.3) is 0 Å². The minimum atomic E-state index is -0.302. The standard InChI is InChI=1S/C20H25N3O4/c1-13(2)9-17(24)23-15-6-3-5-14(10-15)11-21-20(25)18-19(27-12-22-18)16-7-4-8-26-16/h3,5-6,10,12-13,16H,4,7-9,11H2,1-2H3,(H,21,25)(H,23,24). The van der Waals surface area contributed by atoms with Crippen molar-refractivity contribution in [2.75, 3.05) is 11.9 Å². The lowest BCUT2D eigenvalue weighted by Gasteiger charge is -2.10. The van der Waals surface area contributed by atoms with E-state index in [1.807, 2.05) is 38.1 Å². The summed E-state index contributed by atoms with van der Waals surface area (Å²) in [6.07, 6.45) is 3.32. The number of hydrogen-bond donors (Lipinski definition) is 2. The normalized spacial score (nSPS) is 16.5. The Kier molecular flexibility index (Phi) is 6.24. The maximum atomic E-state index is 12.5. The number of nitrogens with zero attached hydrogens (tertiary/aromatic N) is 1. The Labute approximate surface area is 158 Å². The fraction of sp³-hybridized carbons (Fsp3) is 0.450. The van der Waals surface area contributed by atoms with Crippen molar-refractivity contribution < 1.29 is 18.7 Å². The van der Waals surface area contributed by atoms with Gasteiger partial charge in [-0.3, -0.25) is 9.59 Å². The number of oxazole rings is 1. The van der Waals surface area contributed by atoms with Crippen molar-refractivity contribution in [2.24, 2.45) is 5.92 Å². The summed E-state index contributed by atoms with van der Waals surface area (Å²) >= 11 is 0. The van der Waals surface area contributed by atoms with Crippen molar-refractivity contribution >= 4 is 17.5 Å². The Hall–Kier alpha value is -2.67. The number of ether oxygens (including phenoxy) is 1. The first-order chi connectivity index (χ1) is 13.0. The molecule has 2 N–H and O–H groups in total. The molecule has 7 heteroatoms. The monoisotopic (exact) mass is 371 g/mol. The summed E-state index contributed by atoms with van der Waals surface area (Å²) in [6.45, 7) is 4.99. The summed E-state index contributed by atoms with van der Waals surface area (Å²) in [5.41, 5.74) is 1.87. The number of anilines is 1. The maximum Gasteiger partial charge on any atom is 0.273 e.